The monoisotopic (exact) mass is 512 g/mol. The Morgan fingerprint density at radius 2 is 2.00 bits per heavy atom. The third-order valence-electron chi connectivity index (χ3n) is 4.37. The highest BCUT2D eigenvalue weighted by Gasteiger charge is 2.04. The zero-order valence-corrected chi connectivity index (χ0v) is 20.1. The number of amides is 1. The van der Waals surface area contributed by atoms with Gasteiger partial charge < -0.3 is 16.0 Å². The Bertz CT molecular complexity index is 802. The number of carbonyl (C=O) groups is 1. The summed E-state index contributed by atoms with van der Waals surface area (Å²) in [4.78, 5) is 16.4. The largest absolute Gasteiger partial charge is 0.357 e. The van der Waals surface area contributed by atoms with Crippen LogP contribution in [0.25, 0.3) is 0 Å². The Hall–Kier alpha value is -2.10. The van der Waals surface area contributed by atoms with E-state index in [9.17, 15) is 4.79 Å². The average molecular weight is 512 g/mol. The van der Waals surface area contributed by atoms with Gasteiger partial charge in [-0.15, -0.1) is 24.0 Å². The number of halogens is 1. The number of nitrogens with one attached hydrogen (secondary N) is 3. The van der Waals surface area contributed by atoms with Crippen LogP contribution in [-0.2, 0) is 13.0 Å². The van der Waals surface area contributed by atoms with E-state index in [2.05, 4.69) is 46.0 Å². The van der Waals surface area contributed by atoms with Crippen molar-refractivity contribution in [3.63, 3.8) is 0 Å². The maximum absolute atomic E-state index is 11.7. The maximum Gasteiger partial charge on any atom is 0.251 e. The Morgan fingerprint density at radius 1 is 1.21 bits per heavy atom. The molecule has 1 aromatic carbocycles. The van der Waals surface area contributed by atoms with Crippen molar-refractivity contribution in [1.29, 1.82) is 0 Å². The van der Waals surface area contributed by atoms with E-state index < -0.39 is 0 Å². The van der Waals surface area contributed by atoms with Crippen molar-refractivity contribution in [2.24, 2.45) is 4.99 Å². The van der Waals surface area contributed by atoms with Crippen molar-refractivity contribution in [2.45, 2.75) is 40.2 Å². The van der Waals surface area contributed by atoms with E-state index >= 15 is 0 Å². The minimum Gasteiger partial charge on any atom is -0.357 e. The van der Waals surface area contributed by atoms with E-state index in [1.807, 2.05) is 35.9 Å². The highest BCUT2D eigenvalue weighted by Crippen LogP contribution is 2.06. The molecule has 0 aliphatic rings. The van der Waals surface area contributed by atoms with Crippen molar-refractivity contribution < 1.29 is 4.79 Å². The molecule has 0 aliphatic heterocycles. The molecule has 1 amide bonds. The molecule has 3 N–H and O–H groups in total. The second kappa shape index (κ2) is 13.2. The summed E-state index contributed by atoms with van der Waals surface area (Å²) in [5.41, 5.74) is 4.04. The first kappa shape index (κ1) is 24.9. The van der Waals surface area contributed by atoms with Crippen LogP contribution < -0.4 is 16.0 Å². The number of hydrogen-bond donors (Lipinski definition) is 3. The molecular formula is C21H33IN6O. The molecule has 0 spiro atoms. The number of guanidine groups is 1. The van der Waals surface area contributed by atoms with E-state index in [0.717, 1.165) is 56.2 Å². The van der Waals surface area contributed by atoms with Crippen molar-refractivity contribution >= 4 is 35.8 Å². The van der Waals surface area contributed by atoms with Crippen LogP contribution in [0.1, 0.15) is 40.7 Å². The van der Waals surface area contributed by atoms with Gasteiger partial charge in [-0.3, -0.25) is 14.5 Å². The second-order valence-corrected chi connectivity index (χ2v) is 6.72. The minimum atomic E-state index is -0.0627. The molecule has 0 saturated heterocycles. The predicted molar refractivity (Wildman–Crippen MR) is 129 cm³/mol. The summed E-state index contributed by atoms with van der Waals surface area (Å²) in [6.07, 6.45) is 1.76. The molecule has 0 aliphatic carbocycles. The number of aromatic nitrogens is 2. The molecule has 160 valence electrons. The molecule has 2 rings (SSSR count). The third-order valence-corrected chi connectivity index (χ3v) is 4.37. The molecule has 29 heavy (non-hydrogen) atoms. The summed E-state index contributed by atoms with van der Waals surface area (Å²) < 4.78 is 2.03. The molecular weight excluding hydrogens is 479 g/mol. The van der Waals surface area contributed by atoms with Gasteiger partial charge in [-0.2, -0.15) is 5.10 Å². The maximum atomic E-state index is 11.7. The molecule has 0 unspecified atom stereocenters. The van der Waals surface area contributed by atoms with Gasteiger partial charge in [0, 0.05) is 44.5 Å². The lowest BCUT2D eigenvalue weighted by atomic mass is 10.1. The van der Waals surface area contributed by atoms with E-state index in [1.54, 1.807) is 7.05 Å². The van der Waals surface area contributed by atoms with Crippen LogP contribution in [0.2, 0.25) is 0 Å². The predicted octanol–water partition coefficient (Wildman–Crippen LogP) is 2.67. The van der Waals surface area contributed by atoms with Crippen LogP contribution in [0, 0.1) is 13.8 Å². The highest BCUT2D eigenvalue weighted by molar-refractivity contribution is 14.0. The van der Waals surface area contributed by atoms with Crippen molar-refractivity contribution in [2.75, 3.05) is 26.7 Å². The topological polar surface area (TPSA) is 83.3 Å². The Labute approximate surface area is 190 Å². The van der Waals surface area contributed by atoms with Gasteiger partial charge in [0.15, 0.2) is 5.96 Å². The van der Waals surface area contributed by atoms with Gasteiger partial charge in [0.1, 0.15) is 0 Å². The van der Waals surface area contributed by atoms with Gasteiger partial charge >= 0.3 is 0 Å². The summed E-state index contributed by atoms with van der Waals surface area (Å²) in [5, 5.41) is 13.8. The molecule has 0 fully saturated rings. The van der Waals surface area contributed by atoms with E-state index in [1.165, 1.54) is 5.69 Å². The van der Waals surface area contributed by atoms with Gasteiger partial charge in [-0.1, -0.05) is 12.1 Å². The normalized spacial score (nSPS) is 11.0. The van der Waals surface area contributed by atoms with Crippen LogP contribution >= 0.6 is 24.0 Å². The summed E-state index contributed by atoms with van der Waals surface area (Å²) in [7, 11) is 1.64. The first-order valence-corrected chi connectivity index (χ1v) is 9.87. The summed E-state index contributed by atoms with van der Waals surface area (Å²) in [6.45, 7) is 9.32. The average Bonchev–Trinajstić information content (AvgIpc) is 3.01. The van der Waals surface area contributed by atoms with Crippen LogP contribution in [0.15, 0.2) is 35.3 Å². The van der Waals surface area contributed by atoms with Crippen LogP contribution in [-0.4, -0.2) is 48.3 Å². The Balaban J connectivity index is 0.00000420. The quantitative estimate of drug-likeness (QED) is 0.209. The fourth-order valence-electron chi connectivity index (χ4n) is 2.99. The molecule has 0 radical (unpaired) electrons. The summed E-state index contributed by atoms with van der Waals surface area (Å²) in [6, 6.07) is 9.79. The molecule has 1 heterocycles. The lowest BCUT2D eigenvalue weighted by Gasteiger charge is -2.12. The third kappa shape index (κ3) is 8.43. The van der Waals surface area contributed by atoms with Crippen molar-refractivity contribution in [1.82, 2.24) is 25.7 Å². The van der Waals surface area contributed by atoms with Crippen molar-refractivity contribution in [3.8, 4) is 0 Å². The molecule has 0 atom stereocenters. The number of carbonyl (C=O) groups excluding carboxylic acids is 1. The van der Waals surface area contributed by atoms with Gasteiger partial charge in [0.2, 0.25) is 0 Å². The van der Waals surface area contributed by atoms with E-state index in [0.29, 0.717) is 5.56 Å². The lowest BCUT2D eigenvalue weighted by Crippen LogP contribution is -2.38. The van der Waals surface area contributed by atoms with Gasteiger partial charge in [0.25, 0.3) is 5.91 Å². The Kier molecular flexibility index (Phi) is 11.3. The van der Waals surface area contributed by atoms with Gasteiger partial charge in [-0.05, 0) is 57.4 Å². The molecule has 0 bridgehead atoms. The molecule has 7 nitrogen and oxygen atoms in total. The standard InChI is InChI=1S/C21H32N6O.HI/c1-5-23-21(24-11-7-13-27-17(3)14-16(2)26-27)25-12-10-18-8-6-9-19(15-18)20(28)22-4;/h6,8-9,14-15H,5,7,10-13H2,1-4H3,(H,22,28)(H2,23,24,25);1H. The van der Waals surface area contributed by atoms with Gasteiger partial charge in [-0.25, -0.2) is 0 Å². The number of aliphatic imine (C=N–C) groups is 1. The summed E-state index contributed by atoms with van der Waals surface area (Å²) in [5.74, 6) is 0.755. The molecule has 0 saturated carbocycles. The fraction of sp³-hybridized carbons (Fsp3) is 0.476. The summed E-state index contributed by atoms with van der Waals surface area (Å²) >= 11 is 0. The highest BCUT2D eigenvalue weighted by atomic mass is 127. The number of hydrogen-bond acceptors (Lipinski definition) is 3. The zero-order chi connectivity index (χ0) is 20.4. The zero-order valence-electron chi connectivity index (χ0n) is 17.8. The van der Waals surface area contributed by atoms with Crippen LogP contribution in [0.4, 0.5) is 0 Å². The fourth-order valence-corrected chi connectivity index (χ4v) is 2.99. The second-order valence-electron chi connectivity index (χ2n) is 6.72. The van der Waals surface area contributed by atoms with Gasteiger partial charge in [0.05, 0.1) is 5.69 Å². The van der Waals surface area contributed by atoms with E-state index in [-0.39, 0.29) is 29.9 Å². The number of benzene rings is 1. The van der Waals surface area contributed by atoms with Crippen LogP contribution in [0.3, 0.4) is 0 Å². The molecule has 8 heteroatoms. The van der Waals surface area contributed by atoms with Crippen molar-refractivity contribution in [3.05, 3.63) is 52.8 Å². The smallest absolute Gasteiger partial charge is 0.251 e. The lowest BCUT2D eigenvalue weighted by molar-refractivity contribution is 0.0963. The minimum absolute atomic E-state index is 0. The number of rotatable bonds is 9. The first-order chi connectivity index (χ1) is 13.5. The number of nitrogens with zero attached hydrogens (tertiary/aromatic N) is 3. The first-order valence-electron chi connectivity index (χ1n) is 9.87. The van der Waals surface area contributed by atoms with E-state index in [4.69, 9.17) is 0 Å². The molecule has 1 aromatic heterocycles. The number of aryl methyl sites for hydroxylation is 3. The van der Waals surface area contributed by atoms with Crippen LogP contribution in [0.5, 0.6) is 0 Å². The molecule has 2 aromatic rings. The Morgan fingerprint density at radius 3 is 2.66 bits per heavy atom. The SMILES string of the molecule is CCNC(=NCCCn1nc(C)cc1C)NCCc1cccc(C(=O)NC)c1.I.